The molecule has 1 N–H and O–H groups in total. The van der Waals surface area contributed by atoms with Crippen LogP contribution in [0.3, 0.4) is 0 Å². The van der Waals surface area contributed by atoms with E-state index in [2.05, 4.69) is 5.32 Å². The normalized spacial score (nSPS) is 10.1. The van der Waals surface area contributed by atoms with Gasteiger partial charge in [0.2, 0.25) is 0 Å². The number of para-hydroxylation sites is 3. The van der Waals surface area contributed by atoms with E-state index >= 15 is 0 Å². The highest BCUT2D eigenvalue weighted by molar-refractivity contribution is 5.95. The molecule has 9 nitrogen and oxygen atoms in total. The van der Waals surface area contributed by atoms with Crippen molar-refractivity contribution in [2.45, 2.75) is 13.8 Å². The molecule has 9 heteroatoms. The number of anilines is 1. The van der Waals surface area contributed by atoms with Crippen LogP contribution in [0.2, 0.25) is 0 Å². The molecule has 0 radical (unpaired) electrons. The van der Waals surface area contributed by atoms with Crippen LogP contribution in [0.1, 0.15) is 12.5 Å². The summed E-state index contributed by atoms with van der Waals surface area (Å²) in [5, 5.41) is 13.5. The largest absolute Gasteiger partial charge is 0.490 e. The molecule has 148 valence electrons. The molecule has 0 aliphatic rings. The van der Waals surface area contributed by atoms with Gasteiger partial charge in [0.1, 0.15) is 5.69 Å². The number of ether oxygens (including phenoxy) is 3. The first kappa shape index (κ1) is 20.7. The third-order valence-corrected chi connectivity index (χ3v) is 3.57. The monoisotopic (exact) mass is 388 g/mol. The van der Waals surface area contributed by atoms with Crippen molar-refractivity contribution in [3.63, 3.8) is 0 Å². The molecule has 0 saturated heterocycles. The highest BCUT2D eigenvalue weighted by Crippen LogP contribution is 2.28. The standard InChI is InChI=1S/C19H20N2O7/c1-3-26-15-9-4-5-10-16(15)27-12-18(23)28-11-17(22)20-19-13(2)7-6-8-14(19)21(24)25/h4-10H,3,11-12H2,1-2H3,(H,20,22). The number of hydrogen-bond donors (Lipinski definition) is 1. The molecule has 1 amide bonds. The average Bonchev–Trinajstić information content (AvgIpc) is 2.67. The van der Waals surface area contributed by atoms with Gasteiger partial charge in [-0.3, -0.25) is 14.9 Å². The Balaban J connectivity index is 1.87. The van der Waals surface area contributed by atoms with Gasteiger partial charge < -0.3 is 19.5 Å². The summed E-state index contributed by atoms with van der Waals surface area (Å²) in [6, 6.07) is 11.3. The number of carbonyl (C=O) groups is 2. The van der Waals surface area contributed by atoms with Crippen molar-refractivity contribution in [3.8, 4) is 11.5 Å². The van der Waals surface area contributed by atoms with Crippen molar-refractivity contribution in [2.24, 2.45) is 0 Å². The molecule has 0 atom stereocenters. The maximum absolute atomic E-state index is 12.0. The Morgan fingerprint density at radius 2 is 1.71 bits per heavy atom. The van der Waals surface area contributed by atoms with E-state index < -0.39 is 30.0 Å². The van der Waals surface area contributed by atoms with Crippen LogP contribution in [-0.2, 0) is 14.3 Å². The highest BCUT2D eigenvalue weighted by atomic mass is 16.6. The molecule has 0 saturated carbocycles. The van der Waals surface area contributed by atoms with Crippen LogP contribution in [-0.4, -0.2) is 36.6 Å². The molecule has 0 spiro atoms. The van der Waals surface area contributed by atoms with Gasteiger partial charge >= 0.3 is 5.97 Å². The number of nitrogens with zero attached hydrogens (tertiary/aromatic N) is 1. The van der Waals surface area contributed by atoms with Crippen molar-refractivity contribution < 1.29 is 28.7 Å². The molecule has 0 heterocycles. The lowest BCUT2D eigenvalue weighted by atomic mass is 10.1. The summed E-state index contributed by atoms with van der Waals surface area (Å²) in [7, 11) is 0. The van der Waals surface area contributed by atoms with E-state index in [-0.39, 0.29) is 11.4 Å². The number of nitro groups is 1. The number of amides is 1. The summed E-state index contributed by atoms with van der Waals surface area (Å²) < 4.78 is 15.6. The maximum atomic E-state index is 12.0. The van der Waals surface area contributed by atoms with E-state index in [0.717, 1.165) is 0 Å². The number of nitro benzene ring substituents is 1. The van der Waals surface area contributed by atoms with E-state index in [0.29, 0.717) is 23.7 Å². The third-order valence-electron chi connectivity index (χ3n) is 3.57. The second kappa shape index (κ2) is 9.91. The fraction of sp³-hybridized carbons (Fsp3) is 0.263. The van der Waals surface area contributed by atoms with E-state index in [9.17, 15) is 19.7 Å². The predicted octanol–water partition coefficient (Wildman–Crippen LogP) is 2.86. The topological polar surface area (TPSA) is 117 Å². The van der Waals surface area contributed by atoms with Gasteiger partial charge in [-0.2, -0.15) is 0 Å². The summed E-state index contributed by atoms with van der Waals surface area (Å²) in [5.41, 5.74) is 0.343. The second-order valence-electron chi connectivity index (χ2n) is 5.60. The molecule has 0 aromatic heterocycles. The molecule has 2 rings (SSSR count). The van der Waals surface area contributed by atoms with Gasteiger partial charge in [0.15, 0.2) is 24.7 Å². The van der Waals surface area contributed by atoms with Crippen molar-refractivity contribution in [1.82, 2.24) is 0 Å². The molecule has 28 heavy (non-hydrogen) atoms. The average molecular weight is 388 g/mol. The molecule has 2 aromatic carbocycles. The number of rotatable bonds is 9. The summed E-state index contributed by atoms with van der Waals surface area (Å²) in [5.74, 6) is -0.593. The minimum atomic E-state index is -0.763. The van der Waals surface area contributed by atoms with Crippen LogP contribution in [0, 0.1) is 17.0 Å². The third kappa shape index (κ3) is 5.70. The Labute approximate surface area is 161 Å². The van der Waals surface area contributed by atoms with Gasteiger partial charge in [0, 0.05) is 6.07 Å². The molecule has 0 unspecified atom stereocenters. The number of benzene rings is 2. The smallest absolute Gasteiger partial charge is 0.344 e. The van der Waals surface area contributed by atoms with Crippen molar-refractivity contribution >= 4 is 23.3 Å². The zero-order chi connectivity index (χ0) is 20.5. The first-order chi connectivity index (χ1) is 13.4. The van der Waals surface area contributed by atoms with E-state index in [1.165, 1.54) is 12.1 Å². The fourth-order valence-corrected chi connectivity index (χ4v) is 2.31. The SMILES string of the molecule is CCOc1ccccc1OCC(=O)OCC(=O)Nc1c(C)cccc1[N+](=O)[O-]. The summed E-state index contributed by atoms with van der Waals surface area (Å²) in [6.45, 7) is 2.87. The van der Waals surface area contributed by atoms with Crippen molar-refractivity contribution in [3.05, 3.63) is 58.1 Å². The number of nitrogens with one attached hydrogen (secondary N) is 1. The minimum absolute atomic E-state index is 0.0652. The Morgan fingerprint density at radius 3 is 2.36 bits per heavy atom. The Hall–Kier alpha value is -3.62. The maximum Gasteiger partial charge on any atom is 0.344 e. The quantitative estimate of drug-likeness (QED) is 0.399. The lowest BCUT2D eigenvalue weighted by molar-refractivity contribution is -0.384. The van der Waals surface area contributed by atoms with Crippen LogP contribution in [0.4, 0.5) is 11.4 Å². The van der Waals surface area contributed by atoms with E-state index in [4.69, 9.17) is 14.2 Å². The van der Waals surface area contributed by atoms with Gasteiger partial charge in [0.05, 0.1) is 11.5 Å². The van der Waals surface area contributed by atoms with Crippen LogP contribution >= 0.6 is 0 Å². The van der Waals surface area contributed by atoms with Crippen LogP contribution in [0.5, 0.6) is 11.5 Å². The van der Waals surface area contributed by atoms with Crippen molar-refractivity contribution in [2.75, 3.05) is 25.1 Å². The minimum Gasteiger partial charge on any atom is -0.490 e. The van der Waals surface area contributed by atoms with Crippen LogP contribution in [0.15, 0.2) is 42.5 Å². The van der Waals surface area contributed by atoms with E-state index in [1.807, 2.05) is 6.92 Å². The van der Waals surface area contributed by atoms with Gasteiger partial charge in [-0.15, -0.1) is 0 Å². The fourth-order valence-electron chi connectivity index (χ4n) is 2.31. The zero-order valence-corrected chi connectivity index (χ0v) is 15.5. The lowest BCUT2D eigenvalue weighted by Gasteiger charge is -2.12. The lowest BCUT2D eigenvalue weighted by Crippen LogP contribution is -2.24. The number of hydrogen-bond acceptors (Lipinski definition) is 7. The Bertz CT molecular complexity index is 867. The summed E-state index contributed by atoms with van der Waals surface area (Å²) in [6.07, 6.45) is 0. The first-order valence-electron chi connectivity index (χ1n) is 8.46. The zero-order valence-electron chi connectivity index (χ0n) is 15.5. The van der Waals surface area contributed by atoms with Gasteiger partial charge in [-0.1, -0.05) is 24.3 Å². The van der Waals surface area contributed by atoms with E-state index in [1.54, 1.807) is 37.3 Å². The molecule has 0 fully saturated rings. The van der Waals surface area contributed by atoms with Gasteiger partial charge in [-0.25, -0.2) is 4.79 Å². The molecule has 0 aliphatic heterocycles. The number of aryl methyl sites for hydroxylation is 1. The molecule has 0 bridgehead atoms. The molecular formula is C19H20N2O7. The van der Waals surface area contributed by atoms with Crippen molar-refractivity contribution in [1.29, 1.82) is 0 Å². The Morgan fingerprint density at radius 1 is 1.04 bits per heavy atom. The van der Waals surface area contributed by atoms with Gasteiger partial charge in [0.25, 0.3) is 11.6 Å². The van der Waals surface area contributed by atoms with Crippen LogP contribution in [0.25, 0.3) is 0 Å². The predicted molar refractivity (Wildman–Crippen MR) is 101 cm³/mol. The summed E-state index contributed by atoms with van der Waals surface area (Å²) in [4.78, 5) is 34.3. The van der Waals surface area contributed by atoms with Crippen LogP contribution < -0.4 is 14.8 Å². The summed E-state index contributed by atoms with van der Waals surface area (Å²) >= 11 is 0. The molecule has 0 aliphatic carbocycles. The second-order valence-corrected chi connectivity index (χ2v) is 5.60. The highest BCUT2D eigenvalue weighted by Gasteiger charge is 2.18. The van der Waals surface area contributed by atoms with Gasteiger partial charge in [-0.05, 0) is 31.5 Å². The molecule has 2 aromatic rings. The Kier molecular flexibility index (Phi) is 7.32. The number of carbonyl (C=O) groups excluding carboxylic acids is 2. The first-order valence-corrected chi connectivity index (χ1v) is 8.46. The number of esters is 1. The molecular weight excluding hydrogens is 368 g/mol.